The number of rotatable bonds is 7. The summed E-state index contributed by atoms with van der Waals surface area (Å²) in [5.74, 6) is -2.16. The van der Waals surface area contributed by atoms with Crippen LogP contribution in [0.5, 0.6) is 0 Å². The van der Waals surface area contributed by atoms with Gasteiger partial charge in [-0.3, -0.25) is 15.2 Å². The highest BCUT2D eigenvalue weighted by Crippen LogP contribution is 2.44. The predicted octanol–water partition coefficient (Wildman–Crippen LogP) is 1.95. The lowest BCUT2D eigenvalue weighted by atomic mass is 9.98. The molecular weight excluding hydrogens is 416 g/mol. The second-order valence-corrected chi connectivity index (χ2v) is 7.18. The van der Waals surface area contributed by atoms with Crippen molar-refractivity contribution in [1.82, 2.24) is 15.5 Å². The topological polar surface area (TPSA) is 154 Å². The van der Waals surface area contributed by atoms with Gasteiger partial charge in [0.1, 0.15) is 12.3 Å². The third kappa shape index (κ3) is 4.30. The lowest BCUT2D eigenvalue weighted by molar-refractivity contribution is -0.146. The molecule has 1 aromatic heterocycles. The summed E-state index contributed by atoms with van der Waals surface area (Å²) in [7, 11) is 0. The van der Waals surface area contributed by atoms with Crippen molar-refractivity contribution in [2.75, 3.05) is 18.5 Å². The number of aliphatic hydroxyl groups is 1. The van der Waals surface area contributed by atoms with Gasteiger partial charge in [-0.2, -0.15) is 5.10 Å². The molecule has 5 N–H and O–H groups in total. The summed E-state index contributed by atoms with van der Waals surface area (Å²) >= 11 is 0. The van der Waals surface area contributed by atoms with E-state index in [2.05, 4.69) is 20.8 Å². The van der Waals surface area contributed by atoms with Crippen LogP contribution in [0.2, 0.25) is 0 Å². The third-order valence-electron chi connectivity index (χ3n) is 5.14. The molecule has 3 aromatic rings. The number of fused-ring (bicyclic) bond motifs is 3. The number of H-pyrrole nitrogens is 1. The molecule has 0 spiro atoms. The van der Waals surface area contributed by atoms with E-state index in [1.165, 1.54) is 6.07 Å². The highest BCUT2D eigenvalue weighted by Gasteiger charge is 2.29. The first-order valence-electron chi connectivity index (χ1n) is 9.80. The van der Waals surface area contributed by atoms with E-state index < -0.39 is 30.6 Å². The van der Waals surface area contributed by atoms with Gasteiger partial charge in [-0.25, -0.2) is 9.59 Å². The molecule has 0 aliphatic heterocycles. The van der Waals surface area contributed by atoms with Crippen LogP contribution in [-0.4, -0.2) is 57.6 Å². The maximum Gasteiger partial charge on any atom is 0.412 e. The van der Waals surface area contributed by atoms with Crippen LogP contribution in [0, 0.1) is 0 Å². The lowest BCUT2D eigenvalue weighted by Crippen LogP contribution is -2.36. The van der Waals surface area contributed by atoms with E-state index in [1.807, 2.05) is 48.5 Å². The van der Waals surface area contributed by atoms with E-state index in [0.29, 0.717) is 0 Å². The summed E-state index contributed by atoms with van der Waals surface area (Å²) in [5.41, 5.74) is 4.39. The molecule has 1 aliphatic rings. The standard InChI is InChI=1S/C22H20N4O6/c27-18(21(29)30)10-23-20(28)17-9-19(26-25-17)24-22(31)32-11-16-14-7-3-1-5-12(14)13-6-2-4-8-15(13)16/h1-9,16,18,27H,10-11H2,(H,23,28)(H,29,30)(H2,24,25,26,31)/t18-/m0/s1. The van der Waals surface area contributed by atoms with Crippen LogP contribution in [-0.2, 0) is 9.53 Å². The van der Waals surface area contributed by atoms with Crippen molar-refractivity contribution < 1.29 is 29.3 Å². The van der Waals surface area contributed by atoms with Crippen LogP contribution < -0.4 is 10.6 Å². The summed E-state index contributed by atoms with van der Waals surface area (Å²) in [5, 5.41) is 28.8. The number of carboxylic acid groups (broad SMARTS) is 1. The average Bonchev–Trinajstić information content (AvgIpc) is 3.38. The summed E-state index contributed by atoms with van der Waals surface area (Å²) in [6.45, 7) is -0.340. The number of aromatic amines is 1. The zero-order valence-corrected chi connectivity index (χ0v) is 16.7. The lowest BCUT2D eigenvalue weighted by Gasteiger charge is -2.14. The summed E-state index contributed by atoms with van der Waals surface area (Å²) < 4.78 is 5.42. The molecule has 10 nitrogen and oxygen atoms in total. The van der Waals surface area contributed by atoms with Gasteiger partial charge in [-0.15, -0.1) is 0 Å². The molecular formula is C22H20N4O6. The Morgan fingerprint density at radius 2 is 1.69 bits per heavy atom. The zero-order valence-electron chi connectivity index (χ0n) is 16.7. The van der Waals surface area contributed by atoms with Crippen molar-refractivity contribution in [3.05, 3.63) is 71.4 Å². The van der Waals surface area contributed by atoms with E-state index in [9.17, 15) is 19.5 Å². The van der Waals surface area contributed by atoms with Gasteiger partial charge in [0, 0.05) is 12.0 Å². The van der Waals surface area contributed by atoms with Crippen LogP contribution >= 0.6 is 0 Å². The smallest absolute Gasteiger partial charge is 0.412 e. The minimum absolute atomic E-state index is 0.0171. The molecule has 0 saturated carbocycles. The molecule has 1 heterocycles. The SMILES string of the molecule is O=C(Nc1cc(C(=O)NC[C@H](O)C(=O)O)[nH]n1)OCC1c2ccccc2-c2ccccc21. The molecule has 2 aromatic carbocycles. The minimum atomic E-state index is -1.72. The number of aliphatic carboxylic acids is 1. The molecule has 1 atom stereocenters. The zero-order chi connectivity index (χ0) is 22.7. The molecule has 2 amide bonds. The number of ether oxygens (including phenoxy) is 1. The number of hydrogen-bond donors (Lipinski definition) is 5. The minimum Gasteiger partial charge on any atom is -0.479 e. The van der Waals surface area contributed by atoms with Crippen molar-refractivity contribution >= 4 is 23.8 Å². The normalized spacial score (nSPS) is 13.0. The first-order valence-corrected chi connectivity index (χ1v) is 9.80. The van der Waals surface area contributed by atoms with Gasteiger partial charge in [0.2, 0.25) is 0 Å². The number of carbonyl (C=O) groups is 3. The number of amides is 2. The quantitative estimate of drug-likeness (QED) is 0.379. The number of benzene rings is 2. The molecule has 0 bridgehead atoms. The van der Waals surface area contributed by atoms with Gasteiger partial charge in [0.15, 0.2) is 11.9 Å². The summed E-state index contributed by atoms with van der Waals surface area (Å²) in [4.78, 5) is 34.8. The molecule has 1 aliphatic carbocycles. The molecule has 10 heteroatoms. The van der Waals surface area contributed by atoms with Crippen LogP contribution in [0.1, 0.15) is 27.5 Å². The molecule has 0 radical (unpaired) electrons. The van der Waals surface area contributed by atoms with Gasteiger partial charge in [-0.05, 0) is 22.3 Å². The van der Waals surface area contributed by atoms with E-state index >= 15 is 0 Å². The fourth-order valence-electron chi connectivity index (χ4n) is 3.61. The molecule has 0 unspecified atom stereocenters. The Balaban J connectivity index is 1.34. The Morgan fingerprint density at radius 1 is 1.06 bits per heavy atom. The number of carbonyl (C=O) groups excluding carboxylic acids is 2. The van der Waals surface area contributed by atoms with Gasteiger partial charge in [0.05, 0.1) is 6.54 Å². The number of aromatic nitrogens is 2. The Morgan fingerprint density at radius 3 is 2.31 bits per heavy atom. The molecule has 164 valence electrons. The second kappa shape index (κ2) is 8.90. The first kappa shape index (κ1) is 21.1. The van der Waals surface area contributed by atoms with Gasteiger partial charge in [-0.1, -0.05) is 48.5 Å². The van der Waals surface area contributed by atoms with Crippen molar-refractivity contribution in [2.45, 2.75) is 12.0 Å². The van der Waals surface area contributed by atoms with E-state index in [0.717, 1.165) is 22.3 Å². The highest BCUT2D eigenvalue weighted by molar-refractivity contribution is 5.94. The van der Waals surface area contributed by atoms with Gasteiger partial charge >= 0.3 is 12.1 Å². The molecule has 0 fully saturated rings. The number of carboxylic acids is 1. The van der Waals surface area contributed by atoms with Crippen LogP contribution in [0.25, 0.3) is 11.1 Å². The number of anilines is 1. The number of aliphatic hydroxyl groups excluding tert-OH is 1. The predicted molar refractivity (Wildman–Crippen MR) is 113 cm³/mol. The number of nitrogens with zero attached hydrogens (tertiary/aromatic N) is 1. The van der Waals surface area contributed by atoms with Crippen LogP contribution in [0.4, 0.5) is 10.6 Å². The van der Waals surface area contributed by atoms with Crippen molar-refractivity contribution in [3.8, 4) is 11.1 Å². The average molecular weight is 436 g/mol. The van der Waals surface area contributed by atoms with E-state index in [-0.39, 0.29) is 24.0 Å². The van der Waals surface area contributed by atoms with Crippen LogP contribution in [0.15, 0.2) is 54.6 Å². The Labute approximate surface area is 182 Å². The maximum atomic E-state index is 12.3. The molecule has 32 heavy (non-hydrogen) atoms. The second-order valence-electron chi connectivity index (χ2n) is 7.18. The Kier molecular flexibility index (Phi) is 5.86. The first-order chi connectivity index (χ1) is 15.4. The Bertz CT molecular complexity index is 1130. The monoisotopic (exact) mass is 436 g/mol. The largest absolute Gasteiger partial charge is 0.479 e. The van der Waals surface area contributed by atoms with E-state index in [1.54, 1.807) is 0 Å². The fraction of sp³-hybridized carbons (Fsp3) is 0.182. The van der Waals surface area contributed by atoms with Crippen molar-refractivity contribution in [3.63, 3.8) is 0 Å². The maximum absolute atomic E-state index is 12.3. The Hall–Kier alpha value is -4.18. The third-order valence-corrected chi connectivity index (χ3v) is 5.14. The summed E-state index contributed by atoms with van der Waals surface area (Å²) in [6.07, 6.45) is -2.45. The molecule has 0 saturated heterocycles. The molecule has 4 rings (SSSR count). The fourth-order valence-corrected chi connectivity index (χ4v) is 3.61. The van der Waals surface area contributed by atoms with Crippen LogP contribution in [0.3, 0.4) is 0 Å². The summed E-state index contributed by atoms with van der Waals surface area (Å²) in [6, 6.07) is 17.2. The van der Waals surface area contributed by atoms with Crippen molar-refractivity contribution in [1.29, 1.82) is 0 Å². The van der Waals surface area contributed by atoms with E-state index in [4.69, 9.17) is 9.84 Å². The highest BCUT2D eigenvalue weighted by atomic mass is 16.5. The number of nitrogens with one attached hydrogen (secondary N) is 3. The van der Waals surface area contributed by atoms with Crippen molar-refractivity contribution in [2.24, 2.45) is 0 Å². The van der Waals surface area contributed by atoms with Gasteiger partial charge < -0.3 is 20.3 Å². The van der Waals surface area contributed by atoms with Gasteiger partial charge in [0.25, 0.3) is 5.91 Å². The number of hydrogen-bond acceptors (Lipinski definition) is 6.